The van der Waals surface area contributed by atoms with Crippen LogP contribution in [0.15, 0.2) is 52.9 Å². The van der Waals surface area contributed by atoms with Gasteiger partial charge >= 0.3 is 17.9 Å². The summed E-state index contributed by atoms with van der Waals surface area (Å²) < 4.78 is 16.0. The van der Waals surface area contributed by atoms with Gasteiger partial charge in [0.15, 0.2) is 0 Å². The molecule has 0 spiro atoms. The van der Waals surface area contributed by atoms with Crippen LogP contribution in [-0.4, -0.2) is 43.3 Å². The maximum absolute atomic E-state index is 13.1. The molecular formula is C26H34N2O6. The van der Waals surface area contributed by atoms with Crippen molar-refractivity contribution in [3.8, 4) is 0 Å². The number of carbonyl (C=O) groups is 3. The standard InChI is InChI=1S/C26H34N2O6/c1-7-32-24(30)21-16(3)28-19(15-27)23(25(31)33-8-2)22(21)18-12-10-9-11-17(18)13-14-20(29)34-26(4,5)6/h9-14,22,28H,7-8,15,27H2,1-6H3/b14-13+. The van der Waals surface area contributed by atoms with Crippen molar-refractivity contribution in [2.24, 2.45) is 5.73 Å². The second kappa shape index (κ2) is 11.7. The molecule has 1 aromatic rings. The predicted molar refractivity (Wildman–Crippen MR) is 129 cm³/mol. The number of carbonyl (C=O) groups excluding carboxylic acids is 3. The molecule has 1 unspecified atom stereocenters. The Morgan fingerprint density at radius 2 is 1.62 bits per heavy atom. The van der Waals surface area contributed by atoms with Crippen LogP contribution in [0.25, 0.3) is 6.08 Å². The van der Waals surface area contributed by atoms with E-state index in [0.29, 0.717) is 22.5 Å². The number of nitrogens with one attached hydrogen (secondary N) is 1. The van der Waals surface area contributed by atoms with Gasteiger partial charge in [0.1, 0.15) is 5.60 Å². The van der Waals surface area contributed by atoms with E-state index in [0.717, 1.165) is 0 Å². The zero-order valence-electron chi connectivity index (χ0n) is 20.7. The van der Waals surface area contributed by atoms with Gasteiger partial charge in [0.2, 0.25) is 0 Å². The smallest absolute Gasteiger partial charge is 0.336 e. The molecule has 0 fully saturated rings. The predicted octanol–water partition coefficient (Wildman–Crippen LogP) is 3.34. The van der Waals surface area contributed by atoms with Crippen molar-refractivity contribution in [1.82, 2.24) is 5.32 Å². The third-order valence-electron chi connectivity index (χ3n) is 4.95. The van der Waals surface area contributed by atoms with Gasteiger partial charge < -0.3 is 25.3 Å². The lowest BCUT2D eigenvalue weighted by molar-refractivity contribution is -0.148. The highest BCUT2D eigenvalue weighted by atomic mass is 16.6. The molecule has 1 atom stereocenters. The lowest BCUT2D eigenvalue weighted by Crippen LogP contribution is -2.36. The van der Waals surface area contributed by atoms with Crippen LogP contribution in [0.1, 0.15) is 58.6 Å². The molecule has 34 heavy (non-hydrogen) atoms. The lowest BCUT2D eigenvalue weighted by Gasteiger charge is -2.32. The molecule has 0 aromatic heterocycles. The number of nitrogens with two attached hydrogens (primary N) is 1. The number of dihydropyridines is 1. The molecule has 184 valence electrons. The summed E-state index contributed by atoms with van der Waals surface area (Å²) in [4.78, 5) is 38.4. The van der Waals surface area contributed by atoms with Crippen molar-refractivity contribution in [1.29, 1.82) is 0 Å². The fraction of sp³-hybridized carbons (Fsp3) is 0.423. The van der Waals surface area contributed by atoms with Gasteiger partial charge in [0.25, 0.3) is 0 Å². The fourth-order valence-corrected chi connectivity index (χ4v) is 3.72. The average molecular weight is 471 g/mol. The monoisotopic (exact) mass is 470 g/mol. The molecule has 0 saturated heterocycles. The molecule has 8 nitrogen and oxygen atoms in total. The molecule has 1 aliphatic heterocycles. The number of allylic oxidation sites excluding steroid dienone is 1. The molecule has 0 bridgehead atoms. The summed E-state index contributed by atoms with van der Waals surface area (Å²) in [6.45, 7) is 10.9. The van der Waals surface area contributed by atoms with E-state index in [-0.39, 0.29) is 30.9 Å². The Labute approximate surface area is 200 Å². The van der Waals surface area contributed by atoms with Crippen LogP contribution in [0.2, 0.25) is 0 Å². The van der Waals surface area contributed by atoms with Gasteiger partial charge in [-0.15, -0.1) is 0 Å². The molecule has 2 rings (SSSR count). The summed E-state index contributed by atoms with van der Waals surface area (Å²) in [6, 6.07) is 7.19. The topological polar surface area (TPSA) is 117 Å². The first-order chi connectivity index (χ1) is 16.0. The molecule has 8 heteroatoms. The van der Waals surface area contributed by atoms with E-state index >= 15 is 0 Å². The maximum Gasteiger partial charge on any atom is 0.336 e. The lowest BCUT2D eigenvalue weighted by atomic mass is 9.78. The van der Waals surface area contributed by atoms with E-state index < -0.39 is 29.4 Å². The number of ether oxygens (including phenoxy) is 3. The number of benzene rings is 1. The molecule has 0 radical (unpaired) electrons. The minimum atomic E-state index is -0.808. The number of hydrogen-bond donors (Lipinski definition) is 2. The highest BCUT2D eigenvalue weighted by Gasteiger charge is 2.39. The SMILES string of the molecule is CCOC(=O)C1=C(C)NC(CN)=C(C(=O)OCC)C1c1ccccc1/C=C/C(=O)OC(C)(C)C. The van der Waals surface area contributed by atoms with Crippen LogP contribution >= 0.6 is 0 Å². The van der Waals surface area contributed by atoms with Crippen molar-refractivity contribution < 1.29 is 28.6 Å². The van der Waals surface area contributed by atoms with Crippen molar-refractivity contribution in [2.45, 2.75) is 53.1 Å². The van der Waals surface area contributed by atoms with Gasteiger partial charge in [-0.1, -0.05) is 24.3 Å². The Morgan fingerprint density at radius 3 is 2.18 bits per heavy atom. The van der Waals surface area contributed by atoms with E-state index in [9.17, 15) is 14.4 Å². The van der Waals surface area contributed by atoms with E-state index in [4.69, 9.17) is 19.9 Å². The molecule has 0 aliphatic carbocycles. The van der Waals surface area contributed by atoms with Crippen LogP contribution in [-0.2, 0) is 28.6 Å². The maximum atomic E-state index is 13.1. The number of hydrogen-bond acceptors (Lipinski definition) is 8. The highest BCUT2D eigenvalue weighted by Crippen LogP contribution is 2.40. The first-order valence-electron chi connectivity index (χ1n) is 11.3. The van der Waals surface area contributed by atoms with Crippen molar-refractivity contribution in [3.05, 3.63) is 64.0 Å². The van der Waals surface area contributed by atoms with Gasteiger partial charge in [0, 0.05) is 24.0 Å². The van der Waals surface area contributed by atoms with Gasteiger partial charge in [-0.3, -0.25) is 0 Å². The van der Waals surface area contributed by atoms with E-state index in [2.05, 4.69) is 5.32 Å². The second-order valence-electron chi connectivity index (χ2n) is 8.63. The normalized spacial score (nSPS) is 16.4. The second-order valence-corrected chi connectivity index (χ2v) is 8.63. The van der Waals surface area contributed by atoms with Crippen LogP contribution < -0.4 is 11.1 Å². The Hall–Kier alpha value is -3.39. The highest BCUT2D eigenvalue weighted by molar-refractivity contribution is 6.00. The number of esters is 3. The summed E-state index contributed by atoms with van der Waals surface area (Å²) in [5.41, 5.74) is 8.08. The average Bonchev–Trinajstić information content (AvgIpc) is 2.76. The van der Waals surface area contributed by atoms with Crippen molar-refractivity contribution in [2.75, 3.05) is 19.8 Å². The Balaban J connectivity index is 2.69. The largest absolute Gasteiger partial charge is 0.463 e. The van der Waals surface area contributed by atoms with E-state index in [1.807, 2.05) is 0 Å². The summed E-state index contributed by atoms with van der Waals surface area (Å²) in [6.07, 6.45) is 2.93. The molecular weight excluding hydrogens is 436 g/mol. The molecule has 0 saturated carbocycles. The number of rotatable bonds is 8. The molecule has 3 N–H and O–H groups in total. The van der Waals surface area contributed by atoms with Gasteiger partial charge in [-0.2, -0.15) is 0 Å². The van der Waals surface area contributed by atoms with Gasteiger partial charge in [0.05, 0.1) is 30.3 Å². The third kappa shape index (κ3) is 6.57. The minimum absolute atomic E-state index is 0.0357. The van der Waals surface area contributed by atoms with Gasteiger partial charge in [-0.25, -0.2) is 14.4 Å². The van der Waals surface area contributed by atoms with Crippen LogP contribution in [0.3, 0.4) is 0 Å². The molecule has 1 aromatic carbocycles. The third-order valence-corrected chi connectivity index (χ3v) is 4.95. The minimum Gasteiger partial charge on any atom is -0.463 e. The molecule has 1 aliphatic rings. The van der Waals surface area contributed by atoms with Crippen LogP contribution in [0.5, 0.6) is 0 Å². The summed E-state index contributed by atoms with van der Waals surface area (Å²) in [5, 5.41) is 3.08. The zero-order chi connectivity index (χ0) is 25.5. The summed E-state index contributed by atoms with van der Waals surface area (Å²) >= 11 is 0. The molecule has 1 heterocycles. The van der Waals surface area contributed by atoms with Gasteiger partial charge in [-0.05, 0) is 58.7 Å². The van der Waals surface area contributed by atoms with Crippen LogP contribution in [0, 0.1) is 0 Å². The quantitative estimate of drug-likeness (QED) is 0.338. The van der Waals surface area contributed by atoms with Crippen molar-refractivity contribution >= 4 is 24.0 Å². The van der Waals surface area contributed by atoms with E-state index in [1.54, 1.807) is 71.9 Å². The Kier molecular flexibility index (Phi) is 9.20. The first-order valence-corrected chi connectivity index (χ1v) is 11.3. The van der Waals surface area contributed by atoms with Crippen molar-refractivity contribution in [3.63, 3.8) is 0 Å². The Bertz CT molecular complexity index is 1030. The summed E-state index contributed by atoms with van der Waals surface area (Å²) in [7, 11) is 0. The van der Waals surface area contributed by atoms with Crippen LogP contribution in [0.4, 0.5) is 0 Å². The fourth-order valence-electron chi connectivity index (χ4n) is 3.72. The molecule has 0 amide bonds. The van der Waals surface area contributed by atoms with E-state index in [1.165, 1.54) is 6.08 Å². The first kappa shape index (κ1) is 26.9. The zero-order valence-corrected chi connectivity index (χ0v) is 20.7. The Morgan fingerprint density at radius 1 is 1.03 bits per heavy atom. The summed E-state index contributed by atoms with van der Waals surface area (Å²) in [5.74, 6) is -2.45.